The van der Waals surface area contributed by atoms with Crippen LogP contribution in [0.25, 0.3) is 0 Å². The van der Waals surface area contributed by atoms with E-state index in [-0.39, 0.29) is 29.1 Å². The highest BCUT2D eigenvalue weighted by atomic mass is 35.5. The third-order valence-corrected chi connectivity index (χ3v) is 17.4. The lowest BCUT2D eigenvalue weighted by atomic mass is 9.90. The summed E-state index contributed by atoms with van der Waals surface area (Å²) in [7, 11) is -4.08. The van der Waals surface area contributed by atoms with Crippen LogP contribution >= 0.6 is 23.2 Å². The Morgan fingerprint density at radius 3 is 1.45 bits per heavy atom. The van der Waals surface area contributed by atoms with E-state index in [1.807, 2.05) is 12.2 Å². The zero-order valence-corrected chi connectivity index (χ0v) is 23.1. The summed E-state index contributed by atoms with van der Waals surface area (Å²) in [5.41, 5.74) is -2.01. The van der Waals surface area contributed by atoms with Gasteiger partial charge in [0.15, 0.2) is 22.4 Å². The highest BCUT2D eigenvalue weighted by Gasteiger charge is 2.63. The van der Waals surface area contributed by atoms with Crippen molar-refractivity contribution in [1.82, 2.24) is 0 Å². The average Bonchev–Trinajstić information content (AvgIpc) is 2.93. The van der Waals surface area contributed by atoms with Crippen LogP contribution in [0.3, 0.4) is 0 Å². The third-order valence-electron chi connectivity index (χ3n) is 7.31. The molecule has 2 heterocycles. The van der Waals surface area contributed by atoms with Gasteiger partial charge in [-0.15, -0.1) is 23.2 Å². The molecule has 4 nitrogen and oxygen atoms in total. The highest BCUT2D eigenvalue weighted by molar-refractivity contribution is 6.74. The fraction of sp³-hybridized carbons (Fsp3) is 0.857. The van der Waals surface area contributed by atoms with Crippen molar-refractivity contribution in [3.05, 3.63) is 12.2 Å². The summed E-state index contributed by atoms with van der Waals surface area (Å²) in [6.45, 7) is 22.3. The second-order valence-electron chi connectivity index (χ2n) is 11.6. The molecule has 2 rings (SSSR count). The predicted octanol–water partition coefficient (Wildman–Crippen LogP) is 5.89. The van der Waals surface area contributed by atoms with Crippen LogP contribution in [0.2, 0.25) is 36.3 Å². The van der Waals surface area contributed by atoms with Crippen molar-refractivity contribution in [2.24, 2.45) is 0 Å². The normalized spacial score (nSPS) is 33.4. The molecular weight excluding hydrogens is 443 g/mol. The minimum Gasteiger partial charge on any atom is -0.413 e. The van der Waals surface area contributed by atoms with Gasteiger partial charge >= 0.3 is 0 Å². The average molecular weight is 482 g/mol. The predicted molar refractivity (Wildman–Crippen MR) is 126 cm³/mol. The Balaban J connectivity index is 2.26. The van der Waals surface area contributed by atoms with Crippen LogP contribution in [0.5, 0.6) is 0 Å². The minimum atomic E-state index is -2.04. The molecule has 0 aromatic carbocycles. The summed E-state index contributed by atoms with van der Waals surface area (Å²) >= 11 is 13.1. The maximum absolute atomic E-state index is 13.0. The SMILES string of the molecule is CC(C)(C)[Si](C)(C)OCC12C=CC(CO[Si](C)(C)C(C)(C)C)(O1)C(Cl)C(=O)C2Cl. The molecule has 0 N–H and O–H groups in total. The maximum atomic E-state index is 13.0. The highest BCUT2D eigenvalue weighted by Crippen LogP contribution is 2.48. The van der Waals surface area contributed by atoms with Gasteiger partial charge in [-0.1, -0.05) is 41.5 Å². The largest absolute Gasteiger partial charge is 0.413 e. The number of carbonyl (C=O) groups is 1. The van der Waals surface area contributed by atoms with E-state index in [1.165, 1.54) is 0 Å². The quantitative estimate of drug-likeness (QED) is 0.270. The molecule has 2 aliphatic rings. The van der Waals surface area contributed by atoms with Crippen LogP contribution in [0.4, 0.5) is 0 Å². The monoisotopic (exact) mass is 480 g/mol. The van der Waals surface area contributed by atoms with E-state index in [9.17, 15) is 4.79 Å². The molecule has 0 aliphatic carbocycles. The van der Waals surface area contributed by atoms with Crippen molar-refractivity contribution in [2.75, 3.05) is 13.2 Å². The molecule has 0 aromatic heterocycles. The molecule has 1 fully saturated rings. The van der Waals surface area contributed by atoms with Gasteiger partial charge in [0.2, 0.25) is 0 Å². The Morgan fingerprint density at radius 1 is 0.862 bits per heavy atom. The van der Waals surface area contributed by atoms with Crippen LogP contribution in [0.1, 0.15) is 41.5 Å². The number of rotatable bonds is 6. The molecule has 29 heavy (non-hydrogen) atoms. The number of alkyl halides is 2. The van der Waals surface area contributed by atoms with Crippen LogP contribution in [-0.2, 0) is 18.4 Å². The van der Waals surface area contributed by atoms with E-state index in [0.717, 1.165) is 0 Å². The molecule has 0 saturated carbocycles. The zero-order chi connectivity index (χ0) is 22.7. The molecule has 168 valence electrons. The minimum absolute atomic E-state index is 0.0456. The number of Topliss-reactive ketones (excluding diaryl/α,β-unsaturated/α-hetero) is 1. The second kappa shape index (κ2) is 7.71. The van der Waals surface area contributed by atoms with E-state index < -0.39 is 38.6 Å². The molecule has 0 radical (unpaired) electrons. The first-order valence-electron chi connectivity index (χ1n) is 10.3. The summed E-state index contributed by atoms with van der Waals surface area (Å²) < 4.78 is 19.3. The summed E-state index contributed by atoms with van der Waals surface area (Å²) in [5.74, 6) is -0.220. The number of fused-ring (bicyclic) bond motifs is 2. The molecule has 0 spiro atoms. The van der Waals surface area contributed by atoms with E-state index in [2.05, 4.69) is 67.7 Å². The molecule has 2 aliphatic heterocycles. The van der Waals surface area contributed by atoms with Gasteiger partial charge in [0, 0.05) is 0 Å². The zero-order valence-electron chi connectivity index (χ0n) is 19.6. The van der Waals surface area contributed by atoms with Gasteiger partial charge < -0.3 is 13.6 Å². The van der Waals surface area contributed by atoms with Gasteiger partial charge in [-0.05, 0) is 48.4 Å². The summed E-state index contributed by atoms with van der Waals surface area (Å²) in [6, 6.07) is 0. The molecule has 0 amide bonds. The van der Waals surface area contributed by atoms with Crippen molar-refractivity contribution < 1.29 is 18.4 Å². The van der Waals surface area contributed by atoms with Crippen LogP contribution in [0, 0.1) is 0 Å². The van der Waals surface area contributed by atoms with Crippen molar-refractivity contribution in [3.8, 4) is 0 Å². The second-order valence-corrected chi connectivity index (χ2v) is 22.1. The van der Waals surface area contributed by atoms with Crippen LogP contribution in [-0.4, -0.2) is 57.6 Å². The van der Waals surface area contributed by atoms with Crippen molar-refractivity contribution in [3.63, 3.8) is 0 Å². The topological polar surface area (TPSA) is 44.8 Å². The maximum Gasteiger partial charge on any atom is 0.192 e. The fourth-order valence-corrected chi connectivity index (χ4v) is 5.62. The number of ether oxygens (including phenoxy) is 1. The van der Waals surface area contributed by atoms with Crippen molar-refractivity contribution in [1.29, 1.82) is 0 Å². The Kier molecular flexibility index (Phi) is 6.80. The molecule has 4 atom stereocenters. The Labute approximate surface area is 188 Å². The van der Waals surface area contributed by atoms with Gasteiger partial charge in [-0.2, -0.15) is 0 Å². The lowest BCUT2D eigenvalue weighted by Crippen LogP contribution is -2.64. The van der Waals surface area contributed by atoms with Gasteiger partial charge in [-0.3, -0.25) is 4.79 Å². The first-order chi connectivity index (χ1) is 12.8. The fourth-order valence-electron chi connectivity index (χ4n) is 2.91. The Morgan fingerprint density at radius 2 is 1.17 bits per heavy atom. The molecule has 0 aromatic rings. The van der Waals surface area contributed by atoms with Crippen molar-refractivity contribution >= 4 is 45.6 Å². The van der Waals surface area contributed by atoms with E-state index in [1.54, 1.807) is 0 Å². The number of ketones is 1. The third kappa shape index (κ3) is 4.59. The number of halogens is 2. The van der Waals surface area contributed by atoms with Gasteiger partial charge in [0.05, 0.1) is 13.2 Å². The number of hydrogen-bond donors (Lipinski definition) is 0. The summed E-state index contributed by atoms with van der Waals surface area (Å²) in [6.07, 6.45) is 3.76. The number of carbonyl (C=O) groups excluding carboxylic acids is 1. The Bertz CT molecular complexity index is 627. The van der Waals surface area contributed by atoms with Gasteiger partial charge in [0.1, 0.15) is 22.0 Å². The first-order valence-corrected chi connectivity index (χ1v) is 17.0. The number of hydrogen-bond acceptors (Lipinski definition) is 4. The molecular formula is C21H38Cl2O4Si2. The first kappa shape index (κ1) is 25.6. The molecule has 4 unspecified atom stereocenters. The van der Waals surface area contributed by atoms with E-state index in [0.29, 0.717) is 0 Å². The standard InChI is InChI=1S/C21H38Cl2O4Si2/c1-18(2,3)28(7,8)25-13-20-11-12-21(27-20,17(23)15(24)16(20)22)14-26-29(9,10)19(4,5)6/h11-12,16-17H,13-14H2,1-10H3. The van der Waals surface area contributed by atoms with Gasteiger partial charge in [0.25, 0.3) is 0 Å². The van der Waals surface area contributed by atoms with Crippen LogP contribution < -0.4 is 0 Å². The summed E-state index contributed by atoms with van der Waals surface area (Å²) in [5, 5.41) is -1.67. The molecule has 8 heteroatoms. The smallest absolute Gasteiger partial charge is 0.192 e. The lowest BCUT2D eigenvalue weighted by molar-refractivity contribution is -0.164. The molecule has 2 bridgehead atoms. The van der Waals surface area contributed by atoms with E-state index >= 15 is 0 Å². The van der Waals surface area contributed by atoms with Crippen LogP contribution in [0.15, 0.2) is 12.2 Å². The van der Waals surface area contributed by atoms with E-state index in [4.69, 9.17) is 36.8 Å². The lowest BCUT2D eigenvalue weighted by Gasteiger charge is -2.48. The Hall–Kier alpha value is 0.304. The molecule has 1 saturated heterocycles. The van der Waals surface area contributed by atoms with Gasteiger partial charge in [-0.25, -0.2) is 0 Å². The van der Waals surface area contributed by atoms with Crippen molar-refractivity contribution in [2.45, 2.75) is 99.8 Å². The summed E-state index contributed by atoms with van der Waals surface area (Å²) in [4.78, 5) is 13.0.